The van der Waals surface area contributed by atoms with Crippen molar-refractivity contribution in [1.29, 1.82) is 0 Å². The summed E-state index contributed by atoms with van der Waals surface area (Å²) >= 11 is 0. The zero-order valence-corrected chi connectivity index (χ0v) is 11.9. The summed E-state index contributed by atoms with van der Waals surface area (Å²) in [5.74, 6) is -0.377. The van der Waals surface area contributed by atoms with Crippen LogP contribution >= 0.6 is 0 Å². The second-order valence-electron chi connectivity index (χ2n) is 5.37. The highest BCUT2D eigenvalue weighted by Crippen LogP contribution is 2.22. The van der Waals surface area contributed by atoms with Crippen LogP contribution in [0.25, 0.3) is 0 Å². The number of amides is 1. The smallest absolute Gasteiger partial charge is 0.257 e. The van der Waals surface area contributed by atoms with Crippen molar-refractivity contribution in [3.8, 4) is 5.75 Å². The third-order valence-electron chi connectivity index (χ3n) is 2.96. The van der Waals surface area contributed by atoms with E-state index in [9.17, 15) is 9.18 Å². The Morgan fingerprint density at radius 1 is 1.47 bits per heavy atom. The molecule has 0 fully saturated rings. The van der Waals surface area contributed by atoms with Crippen molar-refractivity contribution in [2.24, 2.45) is 11.1 Å². The molecule has 106 valence electrons. The van der Waals surface area contributed by atoms with Crippen molar-refractivity contribution >= 4 is 5.91 Å². The molecule has 0 radical (unpaired) electrons. The lowest BCUT2D eigenvalue weighted by atomic mass is 9.93. The number of carbonyl (C=O) groups is 1. The molecule has 0 atom stereocenters. The Morgan fingerprint density at radius 3 is 2.63 bits per heavy atom. The van der Waals surface area contributed by atoms with Crippen molar-refractivity contribution in [2.45, 2.75) is 13.8 Å². The summed E-state index contributed by atoms with van der Waals surface area (Å²) in [6.45, 7) is 4.89. The Labute approximate surface area is 113 Å². The van der Waals surface area contributed by atoms with Crippen LogP contribution in [0.15, 0.2) is 18.2 Å². The number of carbonyl (C=O) groups excluding carboxylic acids is 1. The minimum absolute atomic E-state index is 0.190. The summed E-state index contributed by atoms with van der Waals surface area (Å²) in [5.41, 5.74) is 5.68. The van der Waals surface area contributed by atoms with Gasteiger partial charge < -0.3 is 15.4 Å². The highest BCUT2D eigenvalue weighted by atomic mass is 19.1. The van der Waals surface area contributed by atoms with Crippen LogP contribution in [0.5, 0.6) is 5.75 Å². The molecule has 1 aromatic rings. The SMILES string of the molecule is COc1ccc(F)cc1C(=O)N(C)CC(C)(C)CN. The molecule has 0 aromatic heterocycles. The van der Waals surface area contributed by atoms with Gasteiger partial charge in [0.2, 0.25) is 0 Å². The van der Waals surface area contributed by atoms with Crippen LogP contribution in [0.4, 0.5) is 4.39 Å². The topological polar surface area (TPSA) is 55.6 Å². The predicted octanol–water partition coefficient (Wildman–Crippen LogP) is 1.89. The van der Waals surface area contributed by atoms with E-state index in [1.807, 2.05) is 13.8 Å². The largest absolute Gasteiger partial charge is 0.496 e. The van der Waals surface area contributed by atoms with Crippen molar-refractivity contribution in [2.75, 3.05) is 27.2 Å². The summed E-state index contributed by atoms with van der Waals surface area (Å²) in [6.07, 6.45) is 0. The van der Waals surface area contributed by atoms with E-state index >= 15 is 0 Å². The maximum Gasteiger partial charge on any atom is 0.257 e. The van der Waals surface area contributed by atoms with Gasteiger partial charge in [0.05, 0.1) is 12.7 Å². The highest BCUT2D eigenvalue weighted by molar-refractivity contribution is 5.96. The van der Waals surface area contributed by atoms with E-state index in [2.05, 4.69) is 0 Å². The molecular formula is C14H21FN2O2. The molecule has 19 heavy (non-hydrogen) atoms. The van der Waals surface area contributed by atoms with Crippen LogP contribution in [0, 0.1) is 11.2 Å². The number of rotatable bonds is 5. The van der Waals surface area contributed by atoms with Gasteiger partial charge in [0.25, 0.3) is 5.91 Å². The zero-order chi connectivity index (χ0) is 14.6. The number of methoxy groups -OCH3 is 1. The quantitative estimate of drug-likeness (QED) is 0.887. The maximum atomic E-state index is 13.3. The second-order valence-corrected chi connectivity index (χ2v) is 5.37. The maximum absolute atomic E-state index is 13.3. The highest BCUT2D eigenvalue weighted by Gasteiger charge is 2.24. The van der Waals surface area contributed by atoms with Crippen LogP contribution in [0.1, 0.15) is 24.2 Å². The van der Waals surface area contributed by atoms with Gasteiger partial charge in [0.1, 0.15) is 11.6 Å². The molecule has 1 rings (SSSR count). The molecule has 0 heterocycles. The third-order valence-corrected chi connectivity index (χ3v) is 2.96. The van der Waals surface area contributed by atoms with Gasteiger partial charge in [-0.15, -0.1) is 0 Å². The van der Waals surface area contributed by atoms with Gasteiger partial charge in [-0.05, 0) is 30.2 Å². The number of nitrogens with two attached hydrogens (primary N) is 1. The molecule has 0 unspecified atom stereocenters. The fraction of sp³-hybridized carbons (Fsp3) is 0.500. The Balaban J connectivity index is 2.97. The van der Waals surface area contributed by atoms with Crippen molar-refractivity contribution in [3.05, 3.63) is 29.6 Å². The monoisotopic (exact) mass is 268 g/mol. The molecule has 0 bridgehead atoms. The summed E-state index contributed by atoms with van der Waals surface area (Å²) in [5, 5.41) is 0. The van der Waals surface area contributed by atoms with E-state index in [1.165, 1.54) is 30.2 Å². The zero-order valence-electron chi connectivity index (χ0n) is 11.9. The average Bonchev–Trinajstić information content (AvgIpc) is 2.37. The van der Waals surface area contributed by atoms with Gasteiger partial charge in [-0.2, -0.15) is 0 Å². The Bertz CT molecular complexity index is 461. The standard InChI is InChI=1S/C14H21FN2O2/c1-14(2,8-16)9-17(3)13(18)11-7-10(15)5-6-12(11)19-4/h5-7H,8-9,16H2,1-4H3. The van der Waals surface area contributed by atoms with Gasteiger partial charge in [-0.3, -0.25) is 4.79 Å². The van der Waals surface area contributed by atoms with E-state index in [0.29, 0.717) is 18.8 Å². The second kappa shape index (κ2) is 6.02. The number of hydrogen-bond acceptors (Lipinski definition) is 3. The molecule has 0 saturated heterocycles. The molecule has 1 amide bonds. The summed E-state index contributed by atoms with van der Waals surface area (Å²) < 4.78 is 18.4. The normalized spacial score (nSPS) is 11.3. The minimum atomic E-state index is -0.462. The van der Waals surface area contributed by atoms with E-state index in [4.69, 9.17) is 10.5 Å². The van der Waals surface area contributed by atoms with Crippen LogP contribution in [-0.4, -0.2) is 38.1 Å². The average molecular weight is 268 g/mol. The molecule has 0 saturated carbocycles. The fourth-order valence-electron chi connectivity index (χ4n) is 1.83. The number of halogens is 1. The van der Waals surface area contributed by atoms with Crippen molar-refractivity contribution in [1.82, 2.24) is 4.90 Å². The first-order chi connectivity index (χ1) is 8.80. The Kier molecular flexibility index (Phi) is 4.89. The Hall–Kier alpha value is -1.62. The lowest BCUT2D eigenvalue weighted by Gasteiger charge is -2.29. The number of hydrogen-bond donors (Lipinski definition) is 1. The number of benzene rings is 1. The number of ether oxygens (including phenoxy) is 1. The summed E-state index contributed by atoms with van der Waals surface area (Å²) in [7, 11) is 3.12. The van der Waals surface area contributed by atoms with Gasteiger partial charge in [-0.1, -0.05) is 13.8 Å². The minimum Gasteiger partial charge on any atom is -0.496 e. The molecular weight excluding hydrogens is 247 g/mol. The van der Waals surface area contributed by atoms with Crippen LogP contribution in [-0.2, 0) is 0 Å². The summed E-state index contributed by atoms with van der Waals surface area (Å²) in [6, 6.07) is 3.90. The summed E-state index contributed by atoms with van der Waals surface area (Å²) in [4.78, 5) is 13.8. The van der Waals surface area contributed by atoms with Crippen LogP contribution in [0.3, 0.4) is 0 Å². The third kappa shape index (κ3) is 3.92. The molecule has 0 aliphatic carbocycles. The first kappa shape index (κ1) is 15.4. The molecule has 0 spiro atoms. The molecule has 0 aliphatic rings. The van der Waals surface area contributed by atoms with Gasteiger partial charge >= 0.3 is 0 Å². The number of nitrogens with zero attached hydrogens (tertiary/aromatic N) is 1. The predicted molar refractivity (Wildman–Crippen MR) is 72.7 cm³/mol. The van der Waals surface area contributed by atoms with Crippen molar-refractivity contribution < 1.29 is 13.9 Å². The van der Waals surface area contributed by atoms with Crippen LogP contribution in [0.2, 0.25) is 0 Å². The van der Waals surface area contributed by atoms with Gasteiger partial charge in [0.15, 0.2) is 0 Å². The van der Waals surface area contributed by atoms with E-state index in [0.717, 1.165) is 0 Å². The van der Waals surface area contributed by atoms with E-state index < -0.39 is 5.82 Å². The molecule has 2 N–H and O–H groups in total. The first-order valence-corrected chi connectivity index (χ1v) is 6.10. The Morgan fingerprint density at radius 2 is 2.11 bits per heavy atom. The lowest BCUT2D eigenvalue weighted by molar-refractivity contribution is 0.0736. The van der Waals surface area contributed by atoms with Gasteiger partial charge in [-0.25, -0.2) is 4.39 Å². The fourth-order valence-corrected chi connectivity index (χ4v) is 1.83. The van der Waals surface area contributed by atoms with Crippen LogP contribution < -0.4 is 10.5 Å². The molecule has 5 heteroatoms. The van der Waals surface area contributed by atoms with Crippen molar-refractivity contribution in [3.63, 3.8) is 0 Å². The van der Waals surface area contributed by atoms with E-state index in [1.54, 1.807) is 7.05 Å². The van der Waals surface area contributed by atoms with Gasteiger partial charge in [0, 0.05) is 13.6 Å². The first-order valence-electron chi connectivity index (χ1n) is 6.10. The molecule has 1 aromatic carbocycles. The lowest BCUT2D eigenvalue weighted by Crippen LogP contribution is -2.39. The molecule has 4 nitrogen and oxygen atoms in total. The van der Waals surface area contributed by atoms with E-state index in [-0.39, 0.29) is 16.9 Å². The molecule has 0 aliphatic heterocycles.